The van der Waals surface area contributed by atoms with Crippen LogP contribution >= 0.6 is 0 Å². The Balaban J connectivity index is 1.65. The number of piperazine rings is 1. The van der Waals surface area contributed by atoms with E-state index in [9.17, 15) is 23.1 Å². The molecule has 0 saturated carbocycles. The number of carbonyl (C=O) groups excluding carboxylic acids is 2. The van der Waals surface area contributed by atoms with E-state index in [1.165, 1.54) is 0 Å². The van der Waals surface area contributed by atoms with Crippen LogP contribution < -0.4 is 10.0 Å². The van der Waals surface area contributed by atoms with Gasteiger partial charge in [-0.2, -0.15) is 5.10 Å². The van der Waals surface area contributed by atoms with Crippen molar-refractivity contribution in [1.29, 1.82) is 0 Å². The number of nitrogens with one attached hydrogen (secondary N) is 3. The van der Waals surface area contributed by atoms with E-state index in [1.54, 1.807) is 24.9 Å². The summed E-state index contributed by atoms with van der Waals surface area (Å²) >= 11 is 0. The number of rotatable bonds is 12. The first kappa shape index (κ1) is 33.1. The lowest BCUT2D eigenvalue weighted by Crippen LogP contribution is -2.75. The molecule has 4 rings (SSSR count). The number of carbonyl (C=O) groups is 2. The van der Waals surface area contributed by atoms with Crippen LogP contribution in [0.15, 0.2) is 29.4 Å². The van der Waals surface area contributed by atoms with Gasteiger partial charge in [0.25, 0.3) is 0 Å². The van der Waals surface area contributed by atoms with Crippen molar-refractivity contribution >= 4 is 21.8 Å². The van der Waals surface area contributed by atoms with Gasteiger partial charge in [-0.3, -0.25) is 19.6 Å². The summed E-state index contributed by atoms with van der Waals surface area (Å²) in [4.78, 5) is 31.7. The van der Waals surface area contributed by atoms with Gasteiger partial charge in [-0.05, 0) is 55.7 Å². The second-order valence-electron chi connectivity index (χ2n) is 12.1. The van der Waals surface area contributed by atoms with Crippen LogP contribution in [0.2, 0.25) is 0 Å². The van der Waals surface area contributed by atoms with Crippen LogP contribution in [0.1, 0.15) is 74.8 Å². The minimum atomic E-state index is -3.81. The van der Waals surface area contributed by atoms with Crippen LogP contribution in [0.3, 0.4) is 0 Å². The summed E-state index contributed by atoms with van der Waals surface area (Å²) in [6, 6.07) is 2.51. The molecule has 1 aromatic heterocycles. The lowest BCUT2D eigenvalue weighted by Gasteiger charge is -2.53. The number of hydrogen-bond donors (Lipinski definition) is 5. The van der Waals surface area contributed by atoms with Crippen molar-refractivity contribution < 1.29 is 28.2 Å². The van der Waals surface area contributed by atoms with Gasteiger partial charge >= 0.3 is 0 Å². The van der Waals surface area contributed by atoms with E-state index in [1.807, 2.05) is 39.1 Å². The van der Waals surface area contributed by atoms with E-state index in [0.29, 0.717) is 43.6 Å². The van der Waals surface area contributed by atoms with Gasteiger partial charge in [-0.25, -0.2) is 13.1 Å². The number of aromatic amines is 1. The molecule has 2 fully saturated rings. The van der Waals surface area contributed by atoms with Crippen LogP contribution in [-0.4, -0.2) is 101 Å². The number of benzene rings is 1. The number of hydrogen-bond acceptors (Lipinski definition) is 8. The van der Waals surface area contributed by atoms with Crippen molar-refractivity contribution in [2.75, 3.05) is 32.8 Å². The second-order valence-corrected chi connectivity index (χ2v) is 13.8. The van der Waals surface area contributed by atoms with Gasteiger partial charge in [-0.15, -0.1) is 0 Å². The highest BCUT2D eigenvalue weighted by atomic mass is 32.2. The maximum atomic E-state index is 13.8. The molecular weight excluding hydrogens is 572 g/mol. The minimum Gasteiger partial charge on any atom is -0.395 e. The number of aliphatic hydroxyl groups excluding tert-OH is 2. The number of likely N-dealkylation sites (tertiary alicyclic amines) is 1. The highest BCUT2D eigenvalue weighted by Gasteiger charge is 2.55. The molecule has 3 atom stereocenters. The maximum Gasteiger partial charge on any atom is 0.248 e. The Labute approximate surface area is 254 Å². The fraction of sp³-hybridized carbons (Fsp3) is 0.633. The summed E-state index contributed by atoms with van der Waals surface area (Å²) in [6.45, 7) is 10.3. The number of aromatic nitrogens is 2. The summed E-state index contributed by atoms with van der Waals surface area (Å²) < 4.78 is 28.3. The minimum absolute atomic E-state index is 0.0708. The Morgan fingerprint density at radius 2 is 1.79 bits per heavy atom. The van der Waals surface area contributed by atoms with Crippen molar-refractivity contribution in [3.63, 3.8) is 0 Å². The zero-order chi connectivity index (χ0) is 31.5. The van der Waals surface area contributed by atoms with Crippen molar-refractivity contribution in [2.24, 2.45) is 5.92 Å². The Bertz CT molecular complexity index is 1360. The fourth-order valence-electron chi connectivity index (χ4n) is 6.59. The molecule has 0 radical (unpaired) electrons. The lowest BCUT2D eigenvalue weighted by atomic mass is 9.79. The summed E-state index contributed by atoms with van der Waals surface area (Å²) in [5, 5.41) is 29.8. The molecule has 0 aliphatic carbocycles. The summed E-state index contributed by atoms with van der Waals surface area (Å²) in [5.74, 6) is -0.636. The quantitative estimate of drug-likeness (QED) is 0.238. The molecule has 5 N–H and O–H groups in total. The average Bonchev–Trinajstić information content (AvgIpc) is 3.48. The molecule has 2 aliphatic rings. The molecule has 3 heterocycles. The predicted octanol–water partition coefficient (Wildman–Crippen LogP) is 1.37. The molecule has 2 aromatic rings. The fourth-order valence-corrected chi connectivity index (χ4v) is 8.06. The van der Waals surface area contributed by atoms with Crippen molar-refractivity contribution in [2.45, 2.75) is 88.9 Å². The lowest BCUT2D eigenvalue weighted by molar-refractivity contribution is -0.165. The highest BCUT2D eigenvalue weighted by molar-refractivity contribution is 7.89. The molecule has 43 heavy (non-hydrogen) atoms. The van der Waals surface area contributed by atoms with Crippen molar-refractivity contribution in [3.05, 3.63) is 46.8 Å². The monoisotopic (exact) mass is 618 g/mol. The Kier molecular flexibility index (Phi) is 10.3. The molecule has 12 nitrogen and oxygen atoms in total. The first-order valence-electron chi connectivity index (χ1n) is 15.1. The molecule has 1 spiro atoms. The van der Waals surface area contributed by atoms with E-state index in [0.717, 1.165) is 24.0 Å². The molecular formula is C30H46N6O6S. The molecule has 1 unspecified atom stereocenters. The van der Waals surface area contributed by atoms with E-state index in [4.69, 9.17) is 5.11 Å². The number of unbranched alkanes of at least 4 members (excludes halogenated alkanes) is 1. The summed E-state index contributed by atoms with van der Waals surface area (Å²) in [6.07, 6.45) is 5.05. The summed E-state index contributed by atoms with van der Waals surface area (Å²) in [7, 11) is -3.81. The SMILES string of the molecule is CCCCN1C(=O)[C@@H]([C@H](O)C(C)C)NC(=O)C12CCN(C(c1cn[nH]c1)c1cc(C)c(S(=O)(=O)NCCO)c(C)c1)CC2. The van der Waals surface area contributed by atoms with Gasteiger partial charge in [-0.1, -0.05) is 39.3 Å². The number of aryl methyl sites for hydroxylation is 2. The zero-order valence-electron chi connectivity index (χ0n) is 25.8. The van der Waals surface area contributed by atoms with Gasteiger partial charge in [0, 0.05) is 37.9 Å². The van der Waals surface area contributed by atoms with Gasteiger partial charge in [0.05, 0.1) is 29.8 Å². The van der Waals surface area contributed by atoms with E-state index < -0.39 is 27.7 Å². The molecule has 1 aromatic carbocycles. The van der Waals surface area contributed by atoms with Crippen LogP contribution in [0, 0.1) is 19.8 Å². The predicted molar refractivity (Wildman–Crippen MR) is 162 cm³/mol. The van der Waals surface area contributed by atoms with E-state index in [-0.39, 0.29) is 41.8 Å². The zero-order valence-corrected chi connectivity index (χ0v) is 26.6. The van der Waals surface area contributed by atoms with Gasteiger partial charge in [0.2, 0.25) is 21.8 Å². The molecule has 2 saturated heterocycles. The Morgan fingerprint density at radius 1 is 1.14 bits per heavy atom. The van der Waals surface area contributed by atoms with Gasteiger partial charge < -0.3 is 20.4 Å². The Morgan fingerprint density at radius 3 is 2.33 bits per heavy atom. The largest absolute Gasteiger partial charge is 0.395 e. The number of amides is 2. The smallest absolute Gasteiger partial charge is 0.248 e. The number of aliphatic hydroxyl groups is 2. The standard InChI is InChI=1S/C30H46N6O6S/c1-6-7-11-36-28(39)24(26(38)19(2)3)34-29(40)30(36)8-12-35(13-9-30)25(23-17-31-32-18-23)22-15-20(4)27(21(5)16-22)43(41,42)33-10-14-37/h15-19,24-26,33,37-38H,6-14H2,1-5H3,(H,31,32)(H,34,40)/t24-,25?,26-/m1/s1. The molecule has 2 amide bonds. The molecule has 238 valence electrons. The molecule has 2 aliphatic heterocycles. The average molecular weight is 619 g/mol. The van der Waals surface area contributed by atoms with E-state index >= 15 is 0 Å². The third kappa shape index (κ3) is 6.51. The van der Waals surface area contributed by atoms with Crippen LogP contribution in [-0.2, 0) is 19.6 Å². The van der Waals surface area contributed by atoms with Crippen LogP contribution in [0.4, 0.5) is 0 Å². The number of sulfonamides is 1. The third-order valence-corrected chi connectivity index (χ3v) is 10.6. The number of nitrogens with zero attached hydrogens (tertiary/aromatic N) is 3. The van der Waals surface area contributed by atoms with Crippen LogP contribution in [0.25, 0.3) is 0 Å². The first-order chi connectivity index (χ1) is 20.4. The van der Waals surface area contributed by atoms with E-state index in [2.05, 4.69) is 25.1 Å². The number of H-pyrrole nitrogens is 1. The van der Waals surface area contributed by atoms with Gasteiger partial charge in [0.1, 0.15) is 11.6 Å². The number of piperidine rings is 1. The molecule has 13 heteroatoms. The van der Waals surface area contributed by atoms with Gasteiger partial charge in [0.15, 0.2) is 0 Å². The second kappa shape index (κ2) is 13.4. The first-order valence-corrected chi connectivity index (χ1v) is 16.6. The van der Waals surface area contributed by atoms with Crippen molar-refractivity contribution in [1.82, 2.24) is 30.0 Å². The third-order valence-electron chi connectivity index (χ3n) is 8.81. The Hall–Kier alpha value is -2.84. The normalized spacial score (nSPS) is 20.9. The maximum absolute atomic E-state index is 13.8. The molecule has 0 bridgehead atoms. The van der Waals surface area contributed by atoms with Crippen LogP contribution in [0.5, 0.6) is 0 Å². The topological polar surface area (TPSA) is 168 Å². The highest BCUT2D eigenvalue weighted by Crippen LogP contribution is 2.39. The van der Waals surface area contributed by atoms with Crippen molar-refractivity contribution in [3.8, 4) is 0 Å². The summed E-state index contributed by atoms with van der Waals surface area (Å²) in [5.41, 5.74) is 1.95.